The van der Waals surface area contributed by atoms with E-state index in [-0.39, 0.29) is 0 Å². The van der Waals surface area contributed by atoms with Crippen LogP contribution in [0.3, 0.4) is 0 Å². The summed E-state index contributed by atoms with van der Waals surface area (Å²) in [5, 5.41) is 7.84. The van der Waals surface area contributed by atoms with E-state index in [2.05, 4.69) is 50.0 Å². The van der Waals surface area contributed by atoms with Gasteiger partial charge >= 0.3 is 0 Å². The fourth-order valence-corrected chi connectivity index (χ4v) is 2.34. The summed E-state index contributed by atoms with van der Waals surface area (Å²) in [6.45, 7) is 6.93. The molecular formula is C12H21NS. The minimum Gasteiger partial charge on any atom is -0.316 e. The molecule has 0 bridgehead atoms. The molecule has 0 amide bonds. The maximum atomic E-state index is 3.44. The summed E-state index contributed by atoms with van der Waals surface area (Å²) in [6, 6.07) is 2.79. The van der Waals surface area contributed by atoms with Gasteiger partial charge in [-0.05, 0) is 47.7 Å². The first-order valence-corrected chi connectivity index (χ1v) is 6.22. The Labute approximate surface area is 91.5 Å². The highest BCUT2D eigenvalue weighted by atomic mass is 32.1. The summed E-state index contributed by atoms with van der Waals surface area (Å²) in [4.78, 5) is 0. The van der Waals surface area contributed by atoms with Crippen molar-refractivity contribution in [2.75, 3.05) is 7.05 Å². The topological polar surface area (TPSA) is 12.0 Å². The highest BCUT2D eigenvalue weighted by Gasteiger charge is 2.26. The molecule has 0 spiro atoms. The average Bonchev–Trinajstić information content (AvgIpc) is 2.66. The Kier molecular flexibility index (Phi) is 4.14. The minimum absolute atomic E-state index is 0.372. The van der Waals surface area contributed by atoms with Crippen LogP contribution in [0.2, 0.25) is 0 Å². The molecule has 0 aliphatic carbocycles. The first kappa shape index (κ1) is 11.7. The number of hydrogen-bond acceptors (Lipinski definition) is 2. The van der Waals surface area contributed by atoms with Gasteiger partial charge in [0, 0.05) is 6.04 Å². The van der Waals surface area contributed by atoms with Crippen LogP contribution in [0, 0.1) is 5.41 Å². The normalized spacial score (nSPS) is 14.3. The monoisotopic (exact) mass is 211 g/mol. The summed E-state index contributed by atoms with van der Waals surface area (Å²) < 4.78 is 0. The summed E-state index contributed by atoms with van der Waals surface area (Å²) >= 11 is 1.78. The van der Waals surface area contributed by atoms with Crippen molar-refractivity contribution in [3.63, 3.8) is 0 Å². The quantitative estimate of drug-likeness (QED) is 0.788. The Morgan fingerprint density at radius 2 is 2.21 bits per heavy atom. The van der Waals surface area contributed by atoms with Gasteiger partial charge < -0.3 is 5.32 Å². The van der Waals surface area contributed by atoms with Crippen molar-refractivity contribution < 1.29 is 0 Å². The van der Waals surface area contributed by atoms with E-state index < -0.39 is 0 Å². The Hall–Kier alpha value is -0.340. The fourth-order valence-electron chi connectivity index (χ4n) is 1.66. The Balaban J connectivity index is 2.64. The maximum Gasteiger partial charge on any atom is 0.0156 e. The lowest BCUT2D eigenvalue weighted by molar-refractivity contribution is 0.240. The molecular weight excluding hydrogens is 190 g/mol. The lowest BCUT2D eigenvalue weighted by Crippen LogP contribution is -2.41. The number of nitrogens with one attached hydrogen (secondary N) is 1. The van der Waals surface area contributed by atoms with Gasteiger partial charge in [-0.3, -0.25) is 0 Å². The summed E-state index contributed by atoms with van der Waals surface area (Å²) in [5.74, 6) is 0. The summed E-state index contributed by atoms with van der Waals surface area (Å²) in [7, 11) is 2.06. The predicted molar refractivity (Wildman–Crippen MR) is 64.9 cm³/mol. The molecule has 1 unspecified atom stereocenters. The van der Waals surface area contributed by atoms with Crippen LogP contribution in [0.1, 0.15) is 32.8 Å². The molecule has 0 fully saturated rings. The van der Waals surface area contributed by atoms with Crippen LogP contribution < -0.4 is 5.32 Å². The molecule has 0 aromatic carbocycles. The highest BCUT2D eigenvalue weighted by molar-refractivity contribution is 7.07. The largest absolute Gasteiger partial charge is 0.316 e. The molecule has 0 saturated heterocycles. The van der Waals surface area contributed by atoms with Crippen LogP contribution in [0.5, 0.6) is 0 Å². The van der Waals surface area contributed by atoms with E-state index in [9.17, 15) is 0 Å². The lowest BCUT2D eigenvalue weighted by Gasteiger charge is -2.33. The minimum atomic E-state index is 0.372. The zero-order valence-electron chi connectivity index (χ0n) is 9.63. The van der Waals surface area contributed by atoms with Gasteiger partial charge in [0.1, 0.15) is 0 Å². The molecule has 1 rings (SSSR count). The Bertz CT molecular complexity index is 251. The van der Waals surface area contributed by atoms with E-state index in [4.69, 9.17) is 0 Å². The number of thiophene rings is 1. The molecule has 1 aromatic rings. The molecule has 0 aliphatic rings. The van der Waals surface area contributed by atoms with Gasteiger partial charge in [-0.1, -0.05) is 20.8 Å². The third kappa shape index (κ3) is 2.82. The standard InChI is InChI=1S/C12H21NS/c1-5-12(2,3)11(13-4)8-10-6-7-14-9-10/h6-7,9,11,13H,5,8H2,1-4H3. The van der Waals surface area contributed by atoms with Gasteiger partial charge in [-0.2, -0.15) is 11.3 Å². The van der Waals surface area contributed by atoms with Gasteiger partial charge in [0.05, 0.1) is 0 Å². The number of likely N-dealkylation sites (N-methyl/N-ethyl adjacent to an activating group) is 1. The third-order valence-electron chi connectivity index (χ3n) is 3.22. The maximum absolute atomic E-state index is 3.44. The smallest absolute Gasteiger partial charge is 0.0156 e. The van der Waals surface area contributed by atoms with E-state index >= 15 is 0 Å². The van der Waals surface area contributed by atoms with Crippen LogP contribution in [0.4, 0.5) is 0 Å². The first-order chi connectivity index (χ1) is 6.60. The van der Waals surface area contributed by atoms with Crippen LogP contribution in [0.15, 0.2) is 16.8 Å². The molecule has 80 valence electrons. The zero-order chi connectivity index (χ0) is 10.6. The lowest BCUT2D eigenvalue weighted by atomic mass is 9.79. The average molecular weight is 211 g/mol. The summed E-state index contributed by atoms with van der Waals surface area (Å²) in [6.07, 6.45) is 2.35. The van der Waals surface area contributed by atoms with Crippen molar-refractivity contribution in [1.29, 1.82) is 0 Å². The van der Waals surface area contributed by atoms with Crippen molar-refractivity contribution in [1.82, 2.24) is 5.32 Å². The van der Waals surface area contributed by atoms with Gasteiger partial charge in [-0.25, -0.2) is 0 Å². The van der Waals surface area contributed by atoms with Gasteiger partial charge in [0.15, 0.2) is 0 Å². The van der Waals surface area contributed by atoms with Gasteiger partial charge in [0.2, 0.25) is 0 Å². The number of rotatable bonds is 5. The third-order valence-corrected chi connectivity index (χ3v) is 3.95. The zero-order valence-corrected chi connectivity index (χ0v) is 10.4. The van der Waals surface area contributed by atoms with Crippen molar-refractivity contribution in [3.8, 4) is 0 Å². The molecule has 0 radical (unpaired) electrons. The van der Waals surface area contributed by atoms with Crippen LogP contribution >= 0.6 is 11.3 Å². The molecule has 2 heteroatoms. The van der Waals surface area contributed by atoms with E-state index in [0.29, 0.717) is 11.5 Å². The van der Waals surface area contributed by atoms with Crippen molar-refractivity contribution in [3.05, 3.63) is 22.4 Å². The van der Waals surface area contributed by atoms with Crippen LogP contribution in [0.25, 0.3) is 0 Å². The van der Waals surface area contributed by atoms with E-state index in [1.165, 1.54) is 12.0 Å². The fraction of sp³-hybridized carbons (Fsp3) is 0.667. The van der Waals surface area contributed by atoms with E-state index in [1.54, 1.807) is 11.3 Å². The van der Waals surface area contributed by atoms with Crippen molar-refractivity contribution >= 4 is 11.3 Å². The second kappa shape index (κ2) is 4.94. The number of hydrogen-bond donors (Lipinski definition) is 1. The molecule has 1 heterocycles. The van der Waals surface area contributed by atoms with E-state index in [0.717, 1.165) is 6.42 Å². The van der Waals surface area contributed by atoms with Crippen molar-refractivity contribution in [2.24, 2.45) is 5.41 Å². The van der Waals surface area contributed by atoms with Gasteiger partial charge in [0.25, 0.3) is 0 Å². The molecule has 1 aromatic heterocycles. The SMILES string of the molecule is CCC(C)(C)C(Cc1ccsc1)NC. The second-order valence-corrected chi connectivity index (χ2v) is 5.30. The Morgan fingerprint density at radius 3 is 2.64 bits per heavy atom. The summed E-state index contributed by atoms with van der Waals surface area (Å²) in [5.41, 5.74) is 1.83. The predicted octanol–water partition coefficient (Wildman–Crippen LogP) is 3.31. The molecule has 1 N–H and O–H groups in total. The van der Waals surface area contributed by atoms with E-state index in [1.807, 2.05) is 0 Å². The molecule has 0 saturated carbocycles. The first-order valence-electron chi connectivity index (χ1n) is 5.28. The van der Waals surface area contributed by atoms with Gasteiger partial charge in [-0.15, -0.1) is 0 Å². The molecule has 1 atom stereocenters. The second-order valence-electron chi connectivity index (χ2n) is 4.52. The molecule has 0 aliphatic heterocycles. The molecule has 1 nitrogen and oxygen atoms in total. The van der Waals surface area contributed by atoms with Crippen LogP contribution in [-0.2, 0) is 6.42 Å². The Morgan fingerprint density at radius 1 is 1.50 bits per heavy atom. The van der Waals surface area contributed by atoms with Crippen LogP contribution in [-0.4, -0.2) is 13.1 Å². The van der Waals surface area contributed by atoms with Crippen molar-refractivity contribution in [2.45, 2.75) is 39.7 Å². The highest BCUT2D eigenvalue weighted by Crippen LogP contribution is 2.27. The molecule has 14 heavy (non-hydrogen) atoms.